The molecule has 3 fully saturated rings. The van der Waals surface area contributed by atoms with Crippen molar-refractivity contribution in [1.82, 2.24) is 5.32 Å². The van der Waals surface area contributed by atoms with Crippen molar-refractivity contribution in [2.24, 2.45) is 0 Å². The van der Waals surface area contributed by atoms with Crippen LogP contribution in [0.25, 0.3) is 0 Å². The summed E-state index contributed by atoms with van der Waals surface area (Å²) in [5.41, 5.74) is 0. The van der Waals surface area contributed by atoms with Gasteiger partial charge in [0, 0.05) is 6.42 Å². The van der Waals surface area contributed by atoms with Crippen LogP contribution in [-0.2, 0) is 33.2 Å². The minimum atomic E-state index is -1.99. The van der Waals surface area contributed by atoms with Gasteiger partial charge in [0.2, 0.25) is 5.91 Å². The first-order valence-corrected chi connectivity index (χ1v) is 41.0. The Kier molecular flexibility index (Phi) is 57.4. The Morgan fingerprint density at radius 1 is 0.356 bits per heavy atom. The molecule has 0 aromatic heterocycles. The smallest absolute Gasteiger partial charge is 0.220 e. The van der Waals surface area contributed by atoms with E-state index in [2.05, 4.69) is 67.8 Å². The lowest BCUT2D eigenvalue weighted by Gasteiger charge is -2.48. The van der Waals surface area contributed by atoms with Crippen molar-refractivity contribution in [3.63, 3.8) is 0 Å². The average molecular weight is 1440 g/mol. The van der Waals surface area contributed by atoms with E-state index in [1.807, 2.05) is 6.08 Å². The number of unbranched alkanes of at least 4 members (excludes halogenated alkanes) is 41. The summed E-state index contributed by atoms with van der Waals surface area (Å²) in [5, 5.41) is 121. The van der Waals surface area contributed by atoms with Crippen LogP contribution in [0.1, 0.15) is 322 Å². The molecule has 12 N–H and O–H groups in total. The maximum atomic E-state index is 13.5. The van der Waals surface area contributed by atoms with Crippen molar-refractivity contribution in [2.75, 3.05) is 26.4 Å². The lowest BCUT2D eigenvalue weighted by atomic mass is 9.96. The SMILES string of the molecule is CCCCCCC/C=C\C/C=C\CCCCCCCCCCCCCC(=O)NC(COC1OC(CO)C(OC2OC(CO)C(OC3OC(CO)C(O)C(O)C3O)C(O)C2O)C(O)C1O)C(O)/C=C/CC/C=C/CC/C=C/CCCCCCCCCCCCCCCCCCCCCCCCC. The number of amides is 1. The highest BCUT2D eigenvalue weighted by atomic mass is 16.8. The Bertz CT molecular complexity index is 2060. The van der Waals surface area contributed by atoms with Gasteiger partial charge in [-0.3, -0.25) is 4.79 Å². The molecule has 17 atom stereocenters. The summed E-state index contributed by atoms with van der Waals surface area (Å²) in [6.07, 6.45) is 53.6. The lowest BCUT2D eigenvalue weighted by Crippen LogP contribution is -2.66. The van der Waals surface area contributed by atoms with Crippen LogP contribution >= 0.6 is 0 Å². The Hall–Kier alpha value is -2.51. The van der Waals surface area contributed by atoms with E-state index in [-0.39, 0.29) is 18.9 Å². The molecule has 3 saturated heterocycles. The summed E-state index contributed by atoms with van der Waals surface area (Å²) in [5.74, 6) is -0.290. The molecular formula is C82H149NO18. The van der Waals surface area contributed by atoms with Crippen LogP contribution in [0.3, 0.4) is 0 Å². The lowest BCUT2D eigenvalue weighted by molar-refractivity contribution is -0.379. The summed E-state index contributed by atoms with van der Waals surface area (Å²) in [4.78, 5) is 13.5. The van der Waals surface area contributed by atoms with Gasteiger partial charge in [0.25, 0.3) is 0 Å². The molecule has 19 heteroatoms. The number of ether oxygens (including phenoxy) is 6. The highest BCUT2D eigenvalue weighted by Crippen LogP contribution is 2.33. The fourth-order valence-corrected chi connectivity index (χ4v) is 13.7. The molecule has 0 spiro atoms. The highest BCUT2D eigenvalue weighted by molar-refractivity contribution is 5.76. The number of rotatable bonds is 65. The van der Waals surface area contributed by atoms with E-state index < -0.39 is 124 Å². The zero-order valence-electron chi connectivity index (χ0n) is 63.1. The number of hydrogen-bond acceptors (Lipinski definition) is 18. The first-order valence-electron chi connectivity index (χ1n) is 41.0. The number of nitrogens with one attached hydrogen (secondary N) is 1. The molecule has 0 aliphatic carbocycles. The van der Waals surface area contributed by atoms with Crippen LogP contribution in [0.2, 0.25) is 0 Å². The summed E-state index contributed by atoms with van der Waals surface area (Å²) < 4.78 is 34.4. The van der Waals surface area contributed by atoms with Crippen molar-refractivity contribution in [1.29, 1.82) is 0 Å². The van der Waals surface area contributed by atoms with Gasteiger partial charge in [-0.2, -0.15) is 0 Å². The highest BCUT2D eigenvalue weighted by Gasteiger charge is 2.54. The van der Waals surface area contributed by atoms with E-state index in [1.165, 1.54) is 225 Å². The zero-order valence-corrected chi connectivity index (χ0v) is 63.1. The maximum absolute atomic E-state index is 13.5. The average Bonchev–Trinajstić information content (AvgIpc) is 0.782. The molecule has 590 valence electrons. The Balaban J connectivity index is 1.38. The van der Waals surface area contributed by atoms with Crippen molar-refractivity contribution < 1.29 is 89.4 Å². The number of allylic oxidation sites excluding steroid dienone is 9. The Morgan fingerprint density at radius 2 is 0.663 bits per heavy atom. The second-order valence-electron chi connectivity index (χ2n) is 29.2. The predicted octanol–water partition coefficient (Wildman–Crippen LogP) is 13.8. The Labute approximate surface area is 611 Å². The summed E-state index contributed by atoms with van der Waals surface area (Å²) >= 11 is 0. The number of carbonyl (C=O) groups excluding carboxylic acids is 1. The molecule has 3 aliphatic rings. The maximum Gasteiger partial charge on any atom is 0.220 e. The molecule has 0 aromatic rings. The second kappa shape index (κ2) is 62.5. The van der Waals surface area contributed by atoms with Gasteiger partial charge in [0.1, 0.15) is 73.2 Å². The van der Waals surface area contributed by atoms with Gasteiger partial charge in [-0.05, 0) is 77.0 Å². The summed E-state index contributed by atoms with van der Waals surface area (Å²) in [6, 6.07) is -1.00. The molecule has 0 radical (unpaired) electrons. The molecule has 3 heterocycles. The van der Waals surface area contributed by atoms with Gasteiger partial charge in [-0.25, -0.2) is 0 Å². The quantitative estimate of drug-likeness (QED) is 0.0199. The number of carbonyl (C=O) groups is 1. The third-order valence-corrected chi connectivity index (χ3v) is 20.3. The van der Waals surface area contributed by atoms with E-state index >= 15 is 0 Å². The molecule has 3 rings (SSSR count). The van der Waals surface area contributed by atoms with E-state index in [0.717, 1.165) is 64.2 Å². The van der Waals surface area contributed by atoms with Gasteiger partial charge in [-0.1, -0.05) is 299 Å². The van der Waals surface area contributed by atoms with E-state index in [1.54, 1.807) is 6.08 Å². The topological polar surface area (TPSA) is 307 Å². The van der Waals surface area contributed by atoms with Crippen molar-refractivity contribution in [3.8, 4) is 0 Å². The minimum Gasteiger partial charge on any atom is -0.394 e. The molecule has 1 amide bonds. The summed E-state index contributed by atoms with van der Waals surface area (Å²) in [7, 11) is 0. The fraction of sp³-hybridized carbons (Fsp3) is 0.866. The molecule has 0 aromatic carbocycles. The van der Waals surface area contributed by atoms with Crippen molar-refractivity contribution >= 4 is 5.91 Å². The van der Waals surface area contributed by atoms with E-state index in [4.69, 9.17) is 28.4 Å². The molecule has 0 saturated carbocycles. The van der Waals surface area contributed by atoms with Crippen LogP contribution in [0.5, 0.6) is 0 Å². The third kappa shape index (κ3) is 42.6. The van der Waals surface area contributed by atoms with E-state index in [9.17, 15) is 61.0 Å². The number of hydrogen-bond donors (Lipinski definition) is 12. The fourth-order valence-electron chi connectivity index (χ4n) is 13.7. The van der Waals surface area contributed by atoms with Gasteiger partial charge < -0.3 is 89.9 Å². The van der Waals surface area contributed by atoms with Crippen LogP contribution in [-0.4, -0.2) is 193 Å². The van der Waals surface area contributed by atoms with Gasteiger partial charge in [0.15, 0.2) is 18.9 Å². The van der Waals surface area contributed by atoms with Crippen LogP contribution in [0.15, 0.2) is 60.8 Å². The van der Waals surface area contributed by atoms with Crippen molar-refractivity contribution in [3.05, 3.63) is 60.8 Å². The normalized spacial score (nSPS) is 26.6. The van der Waals surface area contributed by atoms with Crippen LogP contribution in [0, 0.1) is 0 Å². The molecule has 3 aliphatic heterocycles. The minimum absolute atomic E-state index is 0.228. The van der Waals surface area contributed by atoms with Crippen LogP contribution in [0.4, 0.5) is 0 Å². The van der Waals surface area contributed by atoms with Crippen LogP contribution < -0.4 is 5.32 Å². The molecule has 101 heavy (non-hydrogen) atoms. The number of aliphatic hydroxyl groups excluding tert-OH is 11. The second-order valence-corrected chi connectivity index (χ2v) is 29.2. The van der Waals surface area contributed by atoms with Crippen molar-refractivity contribution in [2.45, 2.75) is 426 Å². The largest absolute Gasteiger partial charge is 0.394 e. The third-order valence-electron chi connectivity index (χ3n) is 20.3. The summed E-state index contributed by atoms with van der Waals surface area (Å²) in [6.45, 7) is 1.74. The van der Waals surface area contributed by atoms with Gasteiger partial charge in [0.05, 0.1) is 38.6 Å². The van der Waals surface area contributed by atoms with Gasteiger partial charge in [-0.15, -0.1) is 0 Å². The molecular weight excluding hydrogens is 1290 g/mol. The monoisotopic (exact) mass is 1440 g/mol. The molecule has 0 bridgehead atoms. The van der Waals surface area contributed by atoms with E-state index in [0.29, 0.717) is 12.8 Å². The van der Waals surface area contributed by atoms with Gasteiger partial charge >= 0.3 is 0 Å². The predicted molar refractivity (Wildman–Crippen MR) is 402 cm³/mol. The standard InChI is InChI=1S/C82H149NO18/c1-3-5-7-9-11-13-15-17-19-21-23-25-27-28-29-30-31-32-33-34-35-36-38-39-41-43-45-47-49-51-53-55-57-59-66(87)65(83-70(88)60-58-56-54-52-50-48-46-44-42-40-37-26-24-22-20-18-16-14-12-10-8-6-4-2)64-96-80-76(94)73(91)78(68(62-85)98-80)101-82-77(95)74(92)79(69(63-86)99-82)100-81-75(93)72(90)71(89)67(61-84)97-81/h16,18,22,24,41,43,49,51,57,59,65-69,71-82,84-87,89-95H,3-15,17,19-21,23,25-40,42,44-48,50,52-56,58,60-64H2,1-2H3,(H,83,88)/b18-16-,24-22-,43-41+,51-49+,59-57+. The molecule has 17 unspecified atom stereocenters. The molecule has 19 nitrogen and oxygen atoms in total. The number of aliphatic hydroxyl groups is 11. The zero-order chi connectivity index (χ0) is 73.2. The Morgan fingerprint density at radius 3 is 1.05 bits per heavy atom. The first-order chi connectivity index (χ1) is 49.3. The first kappa shape index (κ1) is 92.7.